The van der Waals surface area contributed by atoms with E-state index in [0.29, 0.717) is 36.4 Å². The van der Waals surface area contributed by atoms with Crippen LogP contribution >= 0.6 is 23.8 Å². The average Bonchev–Trinajstić information content (AvgIpc) is 3.12. The second-order valence-electron chi connectivity index (χ2n) is 7.63. The largest absolute Gasteiger partial charge is 0.379 e. The molecule has 0 radical (unpaired) electrons. The molecule has 0 saturated carbocycles. The maximum absolute atomic E-state index is 13.1. The molecule has 1 aromatic heterocycles. The normalized spacial score (nSPS) is 15.2. The van der Waals surface area contributed by atoms with Crippen molar-refractivity contribution < 1.29 is 13.2 Å². The quantitative estimate of drug-likeness (QED) is 0.313. The van der Waals surface area contributed by atoms with Crippen molar-refractivity contribution >= 4 is 61.8 Å². The molecule has 0 atom stereocenters. The van der Waals surface area contributed by atoms with Gasteiger partial charge in [0, 0.05) is 53.5 Å². The van der Waals surface area contributed by atoms with Gasteiger partial charge in [0.25, 0.3) is 0 Å². The van der Waals surface area contributed by atoms with Crippen LogP contribution < -0.4 is 10.7 Å². The minimum atomic E-state index is -3.59. The maximum atomic E-state index is 13.1. The third-order valence-corrected chi connectivity index (χ3v) is 7.98. The number of fused-ring (bicyclic) bond motifs is 1. The number of benzene rings is 2. The van der Waals surface area contributed by atoms with Gasteiger partial charge >= 0.3 is 0 Å². The molecular weight excluding hydrogens is 482 g/mol. The van der Waals surface area contributed by atoms with E-state index in [4.69, 9.17) is 28.6 Å². The van der Waals surface area contributed by atoms with Crippen LogP contribution in [-0.4, -0.2) is 54.9 Å². The first-order valence-corrected chi connectivity index (χ1v) is 12.5. The van der Waals surface area contributed by atoms with Crippen LogP contribution in [0.1, 0.15) is 11.1 Å². The van der Waals surface area contributed by atoms with Gasteiger partial charge in [0.2, 0.25) is 10.0 Å². The summed E-state index contributed by atoms with van der Waals surface area (Å²) in [5, 5.41) is 9.04. The summed E-state index contributed by atoms with van der Waals surface area (Å²) in [5.41, 5.74) is 6.13. The van der Waals surface area contributed by atoms with Crippen molar-refractivity contribution in [3.63, 3.8) is 0 Å². The Labute approximate surface area is 203 Å². The molecule has 0 bridgehead atoms. The Bertz CT molecular complexity index is 1330. The summed E-state index contributed by atoms with van der Waals surface area (Å²) in [4.78, 5) is 0.249. The maximum Gasteiger partial charge on any atom is 0.243 e. The Morgan fingerprint density at radius 2 is 2.00 bits per heavy atom. The third kappa shape index (κ3) is 5.04. The number of rotatable bonds is 5. The van der Waals surface area contributed by atoms with Crippen molar-refractivity contribution in [2.45, 2.75) is 11.8 Å². The Kier molecular flexibility index (Phi) is 7.01. The summed E-state index contributed by atoms with van der Waals surface area (Å²) in [6.45, 7) is 3.40. The van der Waals surface area contributed by atoms with E-state index in [2.05, 4.69) is 15.8 Å². The fourth-order valence-electron chi connectivity index (χ4n) is 3.65. The summed E-state index contributed by atoms with van der Waals surface area (Å²) in [6.07, 6.45) is 3.50. The smallest absolute Gasteiger partial charge is 0.243 e. The number of nitrogens with one attached hydrogen (secondary N) is 2. The number of hydrogen-bond acceptors (Lipinski definition) is 5. The Morgan fingerprint density at radius 1 is 1.24 bits per heavy atom. The molecule has 0 aliphatic carbocycles. The lowest BCUT2D eigenvalue weighted by Gasteiger charge is -2.26. The molecule has 174 valence electrons. The molecular formula is C22H24ClN5O3S2. The van der Waals surface area contributed by atoms with E-state index in [1.54, 1.807) is 18.3 Å². The number of aryl methyl sites for hydroxylation is 1. The van der Waals surface area contributed by atoms with Gasteiger partial charge in [-0.25, -0.2) is 8.42 Å². The molecule has 0 spiro atoms. The lowest BCUT2D eigenvalue weighted by Crippen LogP contribution is -2.40. The van der Waals surface area contributed by atoms with Crippen LogP contribution in [0.3, 0.4) is 0 Å². The first-order valence-electron chi connectivity index (χ1n) is 10.3. The van der Waals surface area contributed by atoms with Gasteiger partial charge < -0.3 is 14.6 Å². The van der Waals surface area contributed by atoms with Gasteiger partial charge in [0.15, 0.2) is 5.11 Å². The van der Waals surface area contributed by atoms with Crippen molar-refractivity contribution in [1.29, 1.82) is 0 Å². The standard InChI is InChI=1S/C22H24ClN5O3S2/c1-15-19(23)4-3-5-20(15)25-22(32)26-24-13-16-14-27(2)21-7-6-17(12-18(16)21)33(29,30)28-8-10-31-11-9-28/h3-7,12-14H,8-11H2,1-2H3,(H2,25,26,32)/b24-13+. The van der Waals surface area contributed by atoms with Crippen molar-refractivity contribution in [3.8, 4) is 0 Å². The molecule has 4 rings (SSSR count). The predicted molar refractivity (Wildman–Crippen MR) is 136 cm³/mol. The van der Waals surface area contributed by atoms with E-state index in [1.807, 2.05) is 49.0 Å². The molecule has 3 aromatic rings. The second-order valence-corrected chi connectivity index (χ2v) is 10.4. The summed E-state index contributed by atoms with van der Waals surface area (Å²) < 4.78 is 34.8. The van der Waals surface area contributed by atoms with Gasteiger partial charge in [0.1, 0.15) is 0 Å². The van der Waals surface area contributed by atoms with Crippen LogP contribution in [0.15, 0.2) is 52.6 Å². The van der Waals surface area contributed by atoms with Gasteiger partial charge in [-0.1, -0.05) is 17.7 Å². The lowest BCUT2D eigenvalue weighted by molar-refractivity contribution is 0.0730. The molecule has 1 aliphatic heterocycles. The van der Waals surface area contributed by atoms with Gasteiger partial charge in [-0.2, -0.15) is 9.41 Å². The highest BCUT2D eigenvalue weighted by Gasteiger charge is 2.26. The number of sulfonamides is 1. The third-order valence-electron chi connectivity index (χ3n) is 5.49. The van der Waals surface area contributed by atoms with Crippen molar-refractivity contribution in [1.82, 2.24) is 14.3 Å². The number of hydrazone groups is 1. The number of nitrogens with zero attached hydrogens (tertiary/aromatic N) is 3. The van der Waals surface area contributed by atoms with E-state index in [0.717, 1.165) is 27.7 Å². The van der Waals surface area contributed by atoms with Gasteiger partial charge in [-0.15, -0.1) is 0 Å². The van der Waals surface area contributed by atoms with Crippen LogP contribution in [0.5, 0.6) is 0 Å². The van der Waals surface area contributed by atoms with Crippen LogP contribution in [0.2, 0.25) is 5.02 Å². The SMILES string of the molecule is Cc1c(Cl)cccc1NC(=S)N/N=C/c1cn(C)c2ccc(S(=O)(=O)N3CCOCC3)cc12. The number of hydrogen-bond donors (Lipinski definition) is 2. The zero-order chi connectivity index (χ0) is 23.6. The zero-order valence-corrected chi connectivity index (χ0v) is 20.6. The van der Waals surface area contributed by atoms with Crippen molar-refractivity contribution in [3.05, 3.63) is 58.7 Å². The van der Waals surface area contributed by atoms with E-state index < -0.39 is 10.0 Å². The average molecular weight is 506 g/mol. The first kappa shape index (κ1) is 23.7. The molecule has 1 fully saturated rings. The number of ether oxygens (including phenoxy) is 1. The number of morpholine rings is 1. The van der Waals surface area contributed by atoms with Gasteiger partial charge in [0.05, 0.1) is 24.3 Å². The highest BCUT2D eigenvalue weighted by Crippen LogP contribution is 2.26. The molecule has 8 nitrogen and oxygen atoms in total. The summed E-state index contributed by atoms with van der Waals surface area (Å²) in [7, 11) is -1.69. The summed E-state index contributed by atoms with van der Waals surface area (Å²) in [6, 6.07) is 10.7. The summed E-state index contributed by atoms with van der Waals surface area (Å²) >= 11 is 11.5. The molecule has 0 unspecified atom stereocenters. The minimum Gasteiger partial charge on any atom is -0.379 e. The van der Waals surface area contributed by atoms with Crippen molar-refractivity contribution in [2.75, 3.05) is 31.6 Å². The molecule has 1 aliphatic rings. The summed E-state index contributed by atoms with van der Waals surface area (Å²) in [5.74, 6) is 0. The molecule has 1 saturated heterocycles. The van der Waals surface area contributed by atoms with Crippen LogP contribution in [0, 0.1) is 6.92 Å². The minimum absolute atomic E-state index is 0.249. The fraction of sp³-hybridized carbons (Fsp3) is 0.273. The topological polar surface area (TPSA) is 88.0 Å². The van der Waals surface area contributed by atoms with Crippen LogP contribution in [0.4, 0.5) is 5.69 Å². The van der Waals surface area contributed by atoms with E-state index in [-0.39, 0.29) is 4.90 Å². The lowest BCUT2D eigenvalue weighted by atomic mass is 10.2. The van der Waals surface area contributed by atoms with Crippen molar-refractivity contribution in [2.24, 2.45) is 12.1 Å². The van der Waals surface area contributed by atoms with Crippen LogP contribution in [0.25, 0.3) is 10.9 Å². The highest BCUT2D eigenvalue weighted by molar-refractivity contribution is 7.89. The Morgan fingerprint density at radius 3 is 2.76 bits per heavy atom. The number of halogens is 1. The highest BCUT2D eigenvalue weighted by atomic mass is 35.5. The number of anilines is 1. The van der Waals surface area contributed by atoms with E-state index >= 15 is 0 Å². The first-order chi connectivity index (χ1) is 15.8. The number of thiocarbonyl (C=S) groups is 1. The predicted octanol–water partition coefficient (Wildman–Crippen LogP) is 3.48. The van der Waals surface area contributed by atoms with E-state index in [9.17, 15) is 8.42 Å². The molecule has 2 heterocycles. The number of aromatic nitrogens is 1. The molecule has 0 amide bonds. The fourth-order valence-corrected chi connectivity index (χ4v) is 5.43. The Hall–Kier alpha value is -2.50. The van der Waals surface area contributed by atoms with E-state index in [1.165, 1.54) is 4.31 Å². The zero-order valence-electron chi connectivity index (χ0n) is 18.2. The van der Waals surface area contributed by atoms with Gasteiger partial charge in [-0.3, -0.25) is 5.43 Å². The molecule has 2 aromatic carbocycles. The monoisotopic (exact) mass is 505 g/mol. The van der Waals surface area contributed by atoms with Gasteiger partial charge in [-0.05, 0) is 55.0 Å². The Balaban J connectivity index is 1.54. The van der Waals surface area contributed by atoms with Crippen LogP contribution in [-0.2, 0) is 21.8 Å². The molecule has 33 heavy (non-hydrogen) atoms. The molecule has 11 heteroatoms. The second kappa shape index (κ2) is 9.78. The molecule has 2 N–H and O–H groups in total.